The number of amides is 4. The average molecular weight is 432 g/mol. The minimum absolute atomic E-state index is 0.0197. The van der Waals surface area contributed by atoms with E-state index in [4.69, 9.17) is 0 Å². The van der Waals surface area contributed by atoms with E-state index in [1.165, 1.54) is 18.2 Å². The number of nitrogens with zero attached hydrogens (tertiary/aromatic N) is 2. The van der Waals surface area contributed by atoms with E-state index in [2.05, 4.69) is 10.6 Å². The third-order valence-electron chi connectivity index (χ3n) is 5.20. The van der Waals surface area contributed by atoms with Crippen molar-refractivity contribution in [3.05, 3.63) is 89.1 Å². The number of halogens is 1. The van der Waals surface area contributed by atoms with E-state index in [9.17, 15) is 18.8 Å². The summed E-state index contributed by atoms with van der Waals surface area (Å²) in [5.41, 5.74) is 3.68. The van der Waals surface area contributed by atoms with Crippen LogP contribution in [0.4, 0.5) is 14.9 Å². The zero-order chi connectivity index (χ0) is 22.8. The first-order valence-electron chi connectivity index (χ1n) is 9.98. The van der Waals surface area contributed by atoms with E-state index in [-0.39, 0.29) is 11.4 Å². The lowest BCUT2D eigenvalue weighted by Gasteiger charge is -2.12. The van der Waals surface area contributed by atoms with Crippen LogP contribution in [0.3, 0.4) is 0 Å². The first-order chi connectivity index (χ1) is 15.3. The Labute approximate surface area is 184 Å². The van der Waals surface area contributed by atoms with Crippen LogP contribution in [0.2, 0.25) is 0 Å². The summed E-state index contributed by atoms with van der Waals surface area (Å²) < 4.78 is 15.8. The molecule has 2 aromatic carbocycles. The fourth-order valence-corrected chi connectivity index (χ4v) is 3.67. The molecule has 0 atom stereocenters. The van der Waals surface area contributed by atoms with Gasteiger partial charge in [-0.05, 0) is 55.8 Å². The summed E-state index contributed by atoms with van der Waals surface area (Å²) in [6.45, 7) is 3.35. The van der Waals surface area contributed by atoms with Crippen molar-refractivity contribution in [2.75, 3.05) is 11.9 Å². The lowest BCUT2D eigenvalue weighted by molar-refractivity contribution is -0.127. The number of para-hydroxylation sites is 2. The van der Waals surface area contributed by atoms with Gasteiger partial charge >= 0.3 is 6.03 Å². The number of carbonyl (C=O) groups excluding carboxylic acids is 3. The van der Waals surface area contributed by atoms with Gasteiger partial charge in [0.15, 0.2) is 0 Å². The van der Waals surface area contributed by atoms with Gasteiger partial charge in [0.05, 0.1) is 5.69 Å². The molecular formula is C24H21FN4O3. The highest BCUT2D eigenvalue weighted by Gasteiger charge is 2.35. The number of benzene rings is 2. The molecule has 162 valence electrons. The Morgan fingerprint density at radius 1 is 1.06 bits per heavy atom. The molecule has 0 bridgehead atoms. The number of imide groups is 1. The van der Waals surface area contributed by atoms with Crippen molar-refractivity contribution in [2.24, 2.45) is 0 Å². The Morgan fingerprint density at radius 3 is 2.47 bits per heavy atom. The van der Waals surface area contributed by atoms with Crippen LogP contribution in [0.25, 0.3) is 11.8 Å². The van der Waals surface area contributed by atoms with Crippen LogP contribution in [-0.2, 0) is 9.59 Å². The van der Waals surface area contributed by atoms with Gasteiger partial charge in [-0.25, -0.2) is 14.1 Å². The largest absolute Gasteiger partial charge is 0.329 e. The SMILES string of the molecule is Cc1cc(/C=C2\NC(=O)N(CC(=O)Nc3ccccc3F)C2=O)c(C)n1-c1ccccc1. The number of nitrogens with one attached hydrogen (secondary N) is 2. The lowest BCUT2D eigenvalue weighted by atomic mass is 10.2. The smallest absolute Gasteiger partial charge is 0.322 e. The number of aryl methyl sites for hydroxylation is 1. The topological polar surface area (TPSA) is 83.4 Å². The molecule has 0 aliphatic carbocycles. The van der Waals surface area contributed by atoms with Gasteiger partial charge in [-0.15, -0.1) is 0 Å². The zero-order valence-corrected chi connectivity index (χ0v) is 17.6. The van der Waals surface area contributed by atoms with E-state index in [1.807, 2.05) is 54.8 Å². The highest BCUT2D eigenvalue weighted by molar-refractivity contribution is 6.16. The number of carbonyl (C=O) groups is 3. The number of hydrogen-bond acceptors (Lipinski definition) is 3. The van der Waals surface area contributed by atoms with Crippen molar-refractivity contribution in [3.8, 4) is 5.69 Å². The van der Waals surface area contributed by atoms with Crippen LogP contribution in [0.5, 0.6) is 0 Å². The van der Waals surface area contributed by atoms with Crippen LogP contribution in [-0.4, -0.2) is 33.9 Å². The molecule has 0 radical (unpaired) electrons. The van der Waals surface area contributed by atoms with Gasteiger partial charge in [-0.3, -0.25) is 9.59 Å². The standard InChI is InChI=1S/C24H21FN4O3/c1-15-12-17(16(2)29(15)18-8-4-3-5-9-18)13-21-23(31)28(24(32)27-21)14-22(30)26-20-11-7-6-10-19(20)25/h3-13H,14H2,1-2H3,(H,26,30)(H,27,32)/b21-13-. The molecule has 7 nitrogen and oxygen atoms in total. The molecule has 1 aliphatic rings. The van der Waals surface area contributed by atoms with E-state index in [0.717, 1.165) is 27.5 Å². The van der Waals surface area contributed by atoms with Gasteiger partial charge in [0.25, 0.3) is 5.91 Å². The third-order valence-corrected chi connectivity index (χ3v) is 5.20. The maximum atomic E-state index is 13.7. The number of rotatable bonds is 5. The molecule has 2 heterocycles. The van der Waals surface area contributed by atoms with Crippen LogP contribution >= 0.6 is 0 Å². The molecule has 0 spiro atoms. The monoisotopic (exact) mass is 432 g/mol. The van der Waals surface area contributed by atoms with Crippen LogP contribution in [0.1, 0.15) is 17.0 Å². The van der Waals surface area contributed by atoms with Gasteiger partial charge in [0.2, 0.25) is 5.91 Å². The molecule has 1 aliphatic heterocycles. The Hall–Kier alpha value is -4.20. The molecular weight excluding hydrogens is 411 g/mol. The molecule has 1 fully saturated rings. The van der Waals surface area contributed by atoms with Crippen molar-refractivity contribution in [3.63, 3.8) is 0 Å². The first-order valence-corrected chi connectivity index (χ1v) is 9.98. The minimum Gasteiger partial charge on any atom is -0.322 e. The minimum atomic E-state index is -0.707. The molecule has 4 rings (SSSR count). The quantitative estimate of drug-likeness (QED) is 0.476. The highest BCUT2D eigenvalue weighted by Crippen LogP contribution is 2.24. The normalized spacial score (nSPS) is 14.7. The van der Waals surface area contributed by atoms with Gasteiger partial charge in [-0.1, -0.05) is 30.3 Å². The summed E-state index contributed by atoms with van der Waals surface area (Å²) >= 11 is 0. The van der Waals surface area contributed by atoms with Gasteiger partial charge in [0.1, 0.15) is 18.1 Å². The van der Waals surface area contributed by atoms with Crippen LogP contribution in [0, 0.1) is 19.7 Å². The third kappa shape index (κ3) is 4.02. The van der Waals surface area contributed by atoms with Gasteiger partial charge in [0, 0.05) is 17.1 Å². The Morgan fingerprint density at radius 2 is 1.75 bits per heavy atom. The highest BCUT2D eigenvalue weighted by atomic mass is 19.1. The van der Waals surface area contributed by atoms with Crippen LogP contribution < -0.4 is 10.6 Å². The summed E-state index contributed by atoms with van der Waals surface area (Å²) in [5, 5.41) is 4.88. The van der Waals surface area contributed by atoms with E-state index < -0.39 is 30.2 Å². The summed E-state index contributed by atoms with van der Waals surface area (Å²) in [6.07, 6.45) is 1.59. The molecule has 0 saturated carbocycles. The number of urea groups is 1. The van der Waals surface area contributed by atoms with E-state index in [0.29, 0.717) is 0 Å². The van der Waals surface area contributed by atoms with Gasteiger partial charge in [-0.2, -0.15) is 0 Å². The molecule has 8 heteroatoms. The lowest BCUT2D eigenvalue weighted by Crippen LogP contribution is -2.38. The second-order valence-electron chi connectivity index (χ2n) is 7.40. The first kappa shape index (κ1) is 21.0. The molecule has 1 saturated heterocycles. The molecule has 2 N–H and O–H groups in total. The van der Waals surface area contributed by atoms with Crippen molar-refractivity contribution in [2.45, 2.75) is 13.8 Å². The second kappa shape index (κ2) is 8.50. The molecule has 3 aromatic rings. The van der Waals surface area contributed by atoms with Gasteiger partial charge < -0.3 is 15.2 Å². The molecule has 0 unspecified atom stereocenters. The van der Waals surface area contributed by atoms with Crippen LogP contribution in [0.15, 0.2) is 66.4 Å². The summed E-state index contributed by atoms with van der Waals surface area (Å²) in [6, 6.07) is 16.7. The fourth-order valence-electron chi connectivity index (χ4n) is 3.67. The molecule has 4 amide bonds. The maximum Gasteiger partial charge on any atom is 0.329 e. The van der Waals surface area contributed by atoms with Crippen molar-refractivity contribution in [1.82, 2.24) is 14.8 Å². The van der Waals surface area contributed by atoms with Crippen molar-refractivity contribution < 1.29 is 18.8 Å². The van der Waals surface area contributed by atoms with Crippen molar-refractivity contribution in [1.29, 1.82) is 0 Å². The summed E-state index contributed by atoms with van der Waals surface area (Å²) in [4.78, 5) is 38.1. The predicted molar refractivity (Wildman–Crippen MR) is 118 cm³/mol. The Kier molecular flexibility index (Phi) is 5.59. The number of anilines is 1. The fraction of sp³-hybridized carbons (Fsp3) is 0.125. The number of hydrogen-bond donors (Lipinski definition) is 2. The van der Waals surface area contributed by atoms with E-state index in [1.54, 1.807) is 12.1 Å². The Balaban J connectivity index is 1.53. The molecule has 32 heavy (non-hydrogen) atoms. The van der Waals surface area contributed by atoms with Crippen molar-refractivity contribution >= 4 is 29.6 Å². The van der Waals surface area contributed by atoms with E-state index >= 15 is 0 Å². The predicted octanol–water partition coefficient (Wildman–Crippen LogP) is 3.76. The summed E-state index contributed by atoms with van der Waals surface area (Å²) in [7, 11) is 0. The number of aromatic nitrogens is 1. The average Bonchev–Trinajstić information content (AvgIpc) is 3.19. The zero-order valence-electron chi connectivity index (χ0n) is 17.6. The molecule has 1 aromatic heterocycles. The second-order valence-corrected chi connectivity index (χ2v) is 7.40. The maximum absolute atomic E-state index is 13.7. The summed E-state index contributed by atoms with van der Waals surface area (Å²) in [5.74, 6) is -1.90. The Bertz CT molecular complexity index is 1250.